The summed E-state index contributed by atoms with van der Waals surface area (Å²) in [5.74, 6) is -0.112. The normalized spacial score (nSPS) is 11.4. The fourth-order valence-corrected chi connectivity index (χ4v) is 4.10. The molecule has 0 aliphatic rings. The minimum absolute atomic E-state index is 0.112. The minimum Gasteiger partial charge on any atom is -0.302 e. The van der Waals surface area contributed by atoms with E-state index in [2.05, 4.69) is 15.0 Å². The second kappa shape index (κ2) is 6.81. The molecule has 8 heteroatoms. The van der Waals surface area contributed by atoms with Crippen molar-refractivity contribution in [1.29, 1.82) is 0 Å². The topological polar surface area (TPSA) is 88.2 Å². The molecule has 25 heavy (non-hydrogen) atoms. The Hall–Kier alpha value is -2.45. The molecule has 0 aliphatic heterocycles. The Morgan fingerprint density at radius 2 is 1.88 bits per heavy atom. The number of anilines is 2. The molecule has 3 aromatic rings. The molecule has 0 saturated heterocycles. The summed E-state index contributed by atoms with van der Waals surface area (Å²) in [5, 5.41) is 3.21. The molecule has 3 rings (SSSR count). The van der Waals surface area contributed by atoms with Crippen LogP contribution in [0.2, 0.25) is 0 Å². The zero-order valence-corrected chi connectivity index (χ0v) is 15.4. The van der Waals surface area contributed by atoms with Crippen molar-refractivity contribution in [3.05, 3.63) is 48.0 Å². The molecule has 0 saturated carbocycles. The predicted molar refractivity (Wildman–Crippen MR) is 101 cm³/mol. The molecule has 0 fully saturated rings. The van der Waals surface area contributed by atoms with Gasteiger partial charge in [0.2, 0.25) is 5.91 Å². The van der Waals surface area contributed by atoms with E-state index in [9.17, 15) is 13.2 Å². The fraction of sp³-hybridized carbons (Fsp3) is 0.176. The van der Waals surface area contributed by atoms with Crippen molar-refractivity contribution in [2.45, 2.75) is 25.2 Å². The van der Waals surface area contributed by atoms with Crippen LogP contribution in [0.1, 0.15) is 18.9 Å². The zero-order valence-electron chi connectivity index (χ0n) is 13.7. The summed E-state index contributed by atoms with van der Waals surface area (Å²) in [7, 11) is -3.66. The lowest BCUT2D eigenvalue weighted by atomic mass is 10.2. The number of carbonyl (C=O) groups is 1. The van der Waals surface area contributed by atoms with Crippen LogP contribution in [0.3, 0.4) is 0 Å². The number of nitrogens with one attached hydrogen (secondary N) is 2. The molecular formula is C17H17N3O3S2. The van der Waals surface area contributed by atoms with Gasteiger partial charge >= 0.3 is 0 Å². The molecule has 0 radical (unpaired) electrons. The Balaban J connectivity index is 1.86. The first kappa shape index (κ1) is 17.4. The van der Waals surface area contributed by atoms with E-state index in [0.29, 0.717) is 22.8 Å². The molecule has 6 nitrogen and oxygen atoms in total. The number of amides is 1. The summed E-state index contributed by atoms with van der Waals surface area (Å²) >= 11 is 1.35. The van der Waals surface area contributed by atoms with E-state index in [1.54, 1.807) is 49.4 Å². The third-order valence-electron chi connectivity index (χ3n) is 3.54. The minimum atomic E-state index is -3.66. The molecule has 1 aromatic heterocycles. The lowest BCUT2D eigenvalue weighted by Gasteiger charge is -2.08. The Bertz CT molecular complexity index is 1020. The van der Waals surface area contributed by atoms with Crippen molar-refractivity contribution in [3.63, 3.8) is 0 Å². The van der Waals surface area contributed by atoms with E-state index >= 15 is 0 Å². The van der Waals surface area contributed by atoms with Gasteiger partial charge in [-0.25, -0.2) is 13.4 Å². The maximum absolute atomic E-state index is 12.5. The highest BCUT2D eigenvalue weighted by Gasteiger charge is 2.15. The van der Waals surface area contributed by atoms with Crippen molar-refractivity contribution in [2.24, 2.45) is 0 Å². The largest absolute Gasteiger partial charge is 0.302 e. The molecule has 0 bridgehead atoms. The van der Waals surface area contributed by atoms with Crippen LogP contribution < -0.4 is 10.0 Å². The van der Waals surface area contributed by atoms with Gasteiger partial charge in [-0.3, -0.25) is 9.52 Å². The smallest absolute Gasteiger partial charge is 0.261 e. The van der Waals surface area contributed by atoms with Gasteiger partial charge in [-0.2, -0.15) is 0 Å². The Morgan fingerprint density at radius 1 is 1.16 bits per heavy atom. The van der Waals surface area contributed by atoms with E-state index in [4.69, 9.17) is 0 Å². The fourth-order valence-electron chi connectivity index (χ4n) is 2.18. The van der Waals surface area contributed by atoms with Crippen LogP contribution in [-0.2, 0) is 14.8 Å². The standard InChI is InChI=1S/C17H17N3O3S2/c1-3-16(21)19-17-18-14-10-12(6-9-15(14)24-17)20-25(22,23)13-7-4-11(2)5-8-13/h4-10,20H,3H2,1-2H3,(H,18,19,21). The Labute approximate surface area is 150 Å². The number of carbonyl (C=O) groups excluding carboxylic acids is 1. The van der Waals surface area contributed by atoms with Gasteiger partial charge < -0.3 is 5.32 Å². The number of nitrogens with zero attached hydrogens (tertiary/aromatic N) is 1. The molecule has 2 N–H and O–H groups in total. The molecule has 1 heterocycles. The van der Waals surface area contributed by atoms with Crippen LogP contribution in [0.15, 0.2) is 47.4 Å². The molecule has 1 amide bonds. The first-order valence-corrected chi connectivity index (χ1v) is 9.97. The molecule has 0 aliphatic carbocycles. The zero-order chi connectivity index (χ0) is 18.0. The van der Waals surface area contributed by atoms with Crippen LogP contribution in [0.4, 0.5) is 10.8 Å². The third kappa shape index (κ3) is 3.97. The quantitative estimate of drug-likeness (QED) is 0.711. The summed E-state index contributed by atoms with van der Waals surface area (Å²) in [6.45, 7) is 3.66. The van der Waals surface area contributed by atoms with Gasteiger partial charge in [0.25, 0.3) is 10.0 Å². The predicted octanol–water partition coefficient (Wildman–Crippen LogP) is 3.75. The molecule has 0 unspecified atom stereocenters. The average molecular weight is 375 g/mol. The molecular weight excluding hydrogens is 358 g/mol. The summed E-state index contributed by atoms with van der Waals surface area (Å²) in [4.78, 5) is 16.0. The molecule has 0 spiro atoms. The van der Waals surface area contributed by atoms with Crippen molar-refractivity contribution in [2.75, 3.05) is 10.0 Å². The molecule has 130 valence electrons. The number of thiazole rings is 1. The number of hydrogen-bond donors (Lipinski definition) is 2. The van der Waals surface area contributed by atoms with Crippen molar-refractivity contribution in [3.8, 4) is 0 Å². The van der Waals surface area contributed by atoms with Crippen LogP contribution in [0, 0.1) is 6.92 Å². The van der Waals surface area contributed by atoms with Gasteiger partial charge in [0.1, 0.15) is 0 Å². The van der Waals surface area contributed by atoms with Gasteiger partial charge in [0, 0.05) is 6.42 Å². The summed E-state index contributed by atoms with van der Waals surface area (Å²) < 4.78 is 28.3. The maximum atomic E-state index is 12.5. The number of hydrogen-bond acceptors (Lipinski definition) is 5. The number of fused-ring (bicyclic) bond motifs is 1. The van der Waals surface area contributed by atoms with Crippen LogP contribution in [0.5, 0.6) is 0 Å². The van der Waals surface area contributed by atoms with Gasteiger partial charge in [-0.05, 0) is 37.3 Å². The number of aryl methyl sites for hydroxylation is 1. The highest BCUT2D eigenvalue weighted by atomic mass is 32.2. The van der Waals surface area contributed by atoms with Gasteiger partial charge in [-0.1, -0.05) is 36.0 Å². The second-order valence-corrected chi connectivity index (χ2v) is 8.23. The first-order chi connectivity index (χ1) is 11.9. The Morgan fingerprint density at radius 3 is 2.56 bits per heavy atom. The highest BCUT2D eigenvalue weighted by molar-refractivity contribution is 7.92. The summed E-state index contributed by atoms with van der Waals surface area (Å²) in [6.07, 6.45) is 0.373. The van der Waals surface area contributed by atoms with Gasteiger partial charge in [0.05, 0.1) is 20.8 Å². The lowest BCUT2D eigenvalue weighted by molar-refractivity contribution is -0.115. The van der Waals surface area contributed by atoms with E-state index in [-0.39, 0.29) is 10.8 Å². The molecule has 2 aromatic carbocycles. The number of sulfonamides is 1. The first-order valence-electron chi connectivity index (χ1n) is 7.67. The highest BCUT2D eigenvalue weighted by Crippen LogP contribution is 2.29. The maximum Gasteiger partial charge on any atom is 0.261 e. The van der Waals surface area contributed by atoms with E-state index in [0.717, 1.165) is 10.3 Å². The lowest BCUT2D eigenvalue weighted by Crippen LogP contribution is -2.12. The number of rotatable bonds is 5. The van der Waals surface area contributed by atoms with E-state index in [1.165, 1.54) is 11.3 Å². The van der Waals surface area contributed by atoms with E-state index in [1.807, 2.05) is 6.92 Å². The van der Waals surface area contributed by atoms with Crippen molar-refractivity contribution in [1.82, 2.24) is 4.98 Å². The van der Waals surface area contributed by atoms with Crippen LogP contribution in [0.25, 0.3) is 10.2 Å². The number of benzene rings is 2. The second-order valence-electron chi connectivity index (χ2n) is 5.52. The van der Waals surface area contributed by atoms with Gasteiger partial charge in [0.15, 0.2) is 5.13 Å². The monoisotopic (exact) mass is 375 g/mol. The molecule has 0 atom stereocenters. The van der Waals surface area contributed by atoms with E-state index < -0.39 is 10.0 Å². The van der Waals surface area contributed by atoms with Crippen molar-refractivity contribution >= 4 is 48.3 Å². The average Bonchev–Trinajstić information content (AvgIpc) is 2.96. The summed E-state index contributed by atoms with van der Waals surface area (Å²) in [6, 6.07) is 11.7. The van der Waals surface area contributed by atoms with Gasteiger partial charge in [-0.15, -0.1) is 0 Å². The van der Waals surface area contributed by atoms with Crippen LogP contribution >= 0.6 is 11.3 Å². The Kier molecular flexibility index (Phi) is 4.73. The SMILES string of the molecule is CCC(=O)Nc1nc2cc(NS(=O)(=O)c3ccc(C)cc3)ccc2s1. The number of aromatic nitrogens is 1. The van der Waals surface area contributed by atoms with Crippen molar-refractivity contribution < 1.29 is 13.2 Å². The van der Waals surface area contributed by atoms with Crippen LogP contribution in [-0.4, -0.2) is 19.3 Å². The summed E-state index contributed by atoms with van der Waals surface area (Å²) in [5.41, 5.74) is 2.04. The third-order valence-corrected chi connectivity index (χ3v) is 5.89.